The zero-order valence-corrected chi connectivity index (χ0v) is 19.9. The van der Waals surface area contributed by atoms with Gasteiger partial charge >= 0.3 is 0 Å². The summed E-state index contributed by atoms with van der Waals surface area (Å²) in [6.07, 6.45) is 1.21. The molecule has 1 aliphatic rings. The van der Waals surface area contributed by atoms with E-state index in [1.165, 1.54) is 29.5 Å². The van der Waals surface area contributed by atoms with Crippen LogP contribution in [0.5, 0.6) is 0 Å². The van der Waals surface area contributed by atoms with Crippen molar-refractivity contribution in [1.29, 1.82) is 0 Å². The van der Waals surface area contributed by atoms with Gasteiger partial charge < -0.3 is 10.2 Å². The zero-order chi connectivity index (χ0) is 24.5. The van der Waals surface area contributed by atoms with Crippen molar-refractivity contribution in [2.75, 3.05) is 18.0 Å². The first-order chi connectivity index (χ1) is 16.9. The van der Waals surface area contributed by atoms with Crippen molar-refractivity contribution in [1.82, 2.24) is 15.3 Å². The molecule has 1 unspecified atom stereocenters. The van der Waals surface area contributed by atoms with E-state index in [1.807, 2.05) is 11.8 Å². The normalized spacial score (nSPS) is 15.3. The molecule has 2 aromatic carbocycles. The summed E-state index contributed by atoms with van der Waals surface area (Å²) in [4.78, 5) is 35.0. The number of aromatic amines is 1. The Morgan fingerprint density at radius 3 is 2.54 bits per heavy atom. The van der Waals surface area contributed by atoms with Crippen molar-refractivity contribution in [2.24, 2.45) is 5.92 Å². The number of halogens is 2. The Bertz CT molecular complexity index is 1430. The molecule has 0 saturated carbocycles. The number of thiophene rings is 1. The van der Waals surface area contributed by atoms with Crippen LogP contribution in [-0.2, 0) is 4.79 Å². The van der Waals surface area contributed by atoms with Gasteiger partial charge in [0.2, 0.25) is 11.9 Å². The van der Waals surface area contributed by atoms with Gasteiger partial charge in [0.15, 0.2) is 0 Å². The molecule has 0 bridgehead atoms. The maximum Gasteiger partial charge on any atom is 0.270 e. The Labute approximate surface area is 204 Å². The molecule has 180 valence electrons. The molecule has 1 amide bonds. The number of fused-ring (bicyclic) bond motifs is 1. The fourth-order valence-corrected chi connectivity index (χ4v) is 5.36. The maximum atomic E-state index is 14.4. The number of rotatable bonds is 5. The van der Waals surface area contributed by atoms with E-state index in [0.29, 0.717) is 53.2 Å². The highest BCUT2D eigenvalue weighted by atomic mass is 32.1. The van der Waals surface area contributed by atoms with E-state index >= 15 is 0 Å². The number of carbonyl (C=O) groups is 1. The molecule has 1 fully saturated rings. The van der Waals surface area contributed by atoms with E-state index < -0.39 is 0 Å². The summed E-state index contributed by atoms with van der Waals surface area (Å²) in [5.74, 6) is -0.458. The average molecular weight is 495 g/mol. The number of anilines is 1. The van der Waals surface area contributed by atoms with E-state index in [-0.39, 0.29) is 35.1 Å². The van der Waals surface area contributed by atoms with Crippen LogP contribution in [-0.4, -0.2) is 29.0 Å². The quantitative estimate of drug-likeness (QED) is 0.408. The lowest BCUT2D eigenvalue weighted by Crippen LogP contribution is -2.42. The standard InChI is InChI=1S/C26H24F2N4O2S/c1-15(16-6-8-18(27)9-7-16)29-24(33)17-10-12-32(13-11-17)26-30-22-20(14-35-23(22)25(34)31-26)19-4-2-3-5-21(19)28/h2-9,14-15,17H,10-13H2,1H3,(H,29,33)(H,30,31,34). The minimum atomic E-state index is -0.363. The number of nitrogens with zero attached hydrogens (tertiary/aromatic N) is 2. The minimum absolute atomic E-state index is 0.0435. The summed E-state index contributed by atoms with van der Waals surface area (Å²) in [5.41, 5.74) is 2.07. The van der Waals surface area contributed by atoms with Crippen molar-refractivity contribution in [3.63, 3.8) is 0 Å². The van der Waals surface area contributed by atoms with Crippen molar-refractivity contribution in [3.05, 3.63) is 81.5 Å². The van der Waals surface area contributed by atoms with Gasteiger partial charge in [-0.3, -0.25) is 14.6 Å². The van der Waals surface area contributed by atoms with Gasteiger partial charge in [-0.1, -0.05) is 30.3 Å². The van der Waals surface area contributed by atoms with Crippen LogP contribution >= 0.6 is 11.3 Å². The average Bonchev–Trinajstić information content (AvgIpc) is 3.29. The van der Waals surface area contributed by atoms with Crippen LogP contribution in [0.15, 0.2) is 58.7 Å². The molecule has 1 atom stereocenters. The summed E-state index contributed by atoms with van der Waals surface area (Å²) in [6, 6.07) is 12.3. The summed E-state index contributed by atoms with van der Waals surface area (Å²) < 4.78 is 28.0. The predicted octanol–water partition coefficient (Wildman–Crippen LogP) is 5.02. The molecule has 0 radical (unpaired) electrons. The highest BCUT2D eigenvalue weighted by Crippen LogP contribution is 2.33. The summed E-state index contributed by atoms with van der Waals surface area (Å²) in [7, 11) is 0. The van der Waals surface area contributed by atoms with E-state index in [2.05, 4.69) is 15.3 Å². The monoisotopic (exact) mass is 494 g/mol. The molecular formula is C26H24F2N4O2S. The third kappa shape index (κ3) is 4.68. The second-order valence-corrected chi connectivity index (χ2v) is 9.62. The highest BCUT2D eigenvalue weighted by molar-refractivity contribution is 7.17. The van der Waals surface area contributed by atoms with Crippen molar-refractivity contribution < 1.29 is 13.6 Å². The number of amides is 1. The molecule has 3 heterocycles. The molecule has 2 N–H and O–H groups in total. The Balaban J connectivity index is 1.29. The molecule has 1 aliphatic heterocycles. The van der Waals surface area contributed by atoms with E-state index in [0.717, 1.165) is 5.56 Å². The van der Waals surface area contributed by atoms with Gasteiger partial charge in [-0.2, -0.15) is 0 Å². The Hall–Kier alpha value is -3.59. The minimum Gasteiger partial charge on any atom is -0.349 e. The molecule has 4 aromatic rings. The maximum absolute atomic E-state index is 14.4. The number of carbonyl (C=O) groups excluding carboxylic acids is 1. The lowest BCUT2D eigenvalue weighted by molar-refractivity contribution is -0.126. The van der Waals surface area contributed by atoms with E-state index in [1.54, 1.807) is 35.7 Å². The van der Waals surface area contributed by atoms with Gasteiger partial charge in [0.05, 0.1) is 11.6 Å². The van der Waals surface area contributed by atoms with Gasteiger partial charge in [-0.25, -0.2) is 13.8 Å². The first kappa shape index (κ1) is 23.2. The number of aromatic nitrogens is 2. The van der Waals surface area contributed by atoms with Crippen molar-refractivity contribution >= 4 is 33.4 Å². The molecular weight excluding hydrogens is 470 g/mol. The van der Waals surface area contributed by atoms with E-state index in [9.17, 15) is 18.4 Å². The van der Waals surface area contributed by atoms with Crippen molar-refractivity contribution in [3.8, 4) is 11.1 Å². The number of nitrogens with one attached hydrogen (secondary N) is 2. The third-order valence-electron chi connectivity index (χ3n) is 6.47. The van der Waals surface area contributed by atoms with Crippen molar-refractivity contribution in [2.45, 2.75) is 25.8 Å². The Kier molecular flexibility index (Phi) is 6.34. The van der Waals surface area contributed by atoms with Crippen LogP contribution in [0.4, 0.5) is 14.7 Å². The molecule has 5 rings (SSSR count). The fraction of sp³-hybridized carbons (Fsp3) is 0.269. The van der Waals surface area contributed by atoms with Gasteiger partial charge in [-0.15, -0.1) is 11.3 Å². The predicted molar refractivity (Wildman–Crippen MR) is 134 cm³/mol. The number of hydrogen-bond donors (Lipinski definition) is 2. The van der Waals surface area contributed by atoms with Crippen LogP contribution in [0.25, 0.3) is 21.3 Å². The topological polar surface area (TPSA) is 78.1 Å². The van der Waals surface area contributed by atoms with Crippen LogP contribution in [0, 0.1) is 17.6 Å². The van der Waals surface area contributed by atoms with Crippen LogP contribution in [0.3, 0.4) is 0 Å². The molecule has 1 saturated heterocycles. The molecule has 9 heteroatoms. The Morgan fingerprint density at radius 2 is 1.83 bits per heavy atom. The number of piperidine rings is 1. The third-order valence-corrected chi connectivity index (χ3v) is 7.44. The number of benzene rings is 2. The largest absolute Gasteiger partial charge is 0.349 e. The lowest BCUT2D eigenvalue weighted by Gasteiger charge is -2.32. The first-order valence-corrected chi connectivity index (χ1v) is 12.4. The Morgan fingerprint density at radius 1 is 1.11 bits per heavy atom. The fourth-order valence-electron chi connectivity index (χ4n) is 4.46. The zero-order valence-electron chi connectivity index (χ0n) is 19.1. The molecule has 2 aromatic heterocycles. The smallest absolute Gasteiger partial charge is 0.270 e. The van der Waals surface area contributed by atoms with Gasteiger partial charge in [-0.05, 0) is 43.5 Å². The second kappa shape index (κ2) is 9.58. The van der Waals surface area contributed by atoms with E-state index in [4.69, 9.17) is 0 Å². The molecule has 0 spiro atoms. The number of H-pyrrole nitrogens is 1. The van der Waals surface area contributed by atoms with Gasteiger partial charge in [0.1, 0.15) is 16.3 Å². The summed E-state index contributed by atoms with van der Waals surface area (Å²) in [5, 5.41) is 4.77. The van der Waals surface area contributed by atoms with Gasteiger partial charge in [0, 0.05) is 35.5 Å². The number of hydrogen-bond acceptors (Lipinski definition) is 5. The first-order valence-electron chi connectivity index (χ1n) is 11.5. The molecule has 6 nitrogen and oxygen atoms in total. The molecule has 35 heavy (non-hydrogen) atoms. The van der Waals surface area contributed by atoms with Crippen LogP contribution in [0.2, 0.25) is 0 Å². The highest BCUT2D eigenvalue weighted by Gasteiger charge is 2.27. The summed E-state index contributed by atoms with van der Waals surface area (Å²) in [6.45, 7) is 2.98. The molecule has 0 aliphatic carbocycles. The summed E-state index contributed by atoms with van der Waals surface area (Å²) >= 11 is 1.24. The van der Waals surface area contributed by atoms with Crippen LogP contribution in [0.1, 0.15) is 31.4 Å². The van der Waals surface area contributed by atoms with Crippen LogP contribution < -0.4 is 15.8 Å². The van der Waals surface area contributed by atoms with Gasteiger partial charge in [0.25, 0.3) is 5.56 Å². The lowest BCUT2D eigenvalue weighted by atomic mass is 9.95. The SMILES string of the molecule is CC(NC(=O)C1CCN(c2nc3c(-c4ccccc4F)csc3c(=O)[nH]2)CC1)c1ccc(F)cc1. The second-order valence-electron chi connectivity index (χ2n) is 8.74.